The Labute approximate surface area is 119 Å². The first kappa shape index (κ1) is 13.7. The zero-order chi connectivity index (χ0) is 13.0. The molecule has 98 valence electrons. The molecule has 4 nitrogen and oxygen atoms in total. The molecule has 6 heteroatoms. The van der Waals surface area contributed by atoms with E-state index < -0.39 is 0 Å². The first-order chi connectivity index (χ1) is 8.72. The Morgan fingerprint density at radius 1 is 1.72 bits per heavy atom. The van der Waals surface area contributed by atoms with Crippen LogP contribution in [0.15, 0.2) is 28.1 Å². The van der Waals surface area contributed by atoms with Gasteiger partial charge in [-0.2, -0.15) is 16.9 Å². The second-order valence-corrected chi connectivity index (χ2v) is 6.37. The van der Waals surface area contributed by atoms with Gasteiger partial charge < -0.3 is 5.32 Å². The van der Waals surface area contributed by atoms with E-state index in [-0.39, 0.29) is 5.56 Å². The number of nitrogens with one attached hydrogen (secondary N) is 1. The van der Waals surface area contributed by atoms with Gasteiger partial charge in [-0.25, -0.2) is 4.68 Å². The maximum atomic E-state index is 11.9. The lowest BCUT2D eigenvalue weighted by atomic mass is 10.2. The predicted molar refractivity (Wildman–Crippen MR) is 80.4 cm³/mol. The minimum atomic E-state index is -0.126. The number of nitrogens with zero attached hydrogens (tertiary/aromatic N) is 2. The fourth-order valence-electron chi connectivity index (χ4n) is 1.87. The van der Waals surface area contributed by atoms with Crippen LogP contribution >= 0.6 is 27.7 Å². The van der Waals surface area contributed by atoms with Crippen molar-refractivity contribution < 1.29 is 0 Å². The van der Waals surface area contributed by atoms with Gasteiger partial charge in [-0.15, -0.1) is 6.58 Å². The molecule has 1 atom stereocenters. The molecule has 2 heterocycles. The Bertz CT molecular complexity index is 483. The van der Waals surface area contributed by atoms with Gasteiger partial charge in [-0.1, -0.05) is 6.08 Å². The average Bonchev–Trinajstić information content (AvgIpc) is 2.87. The summed E-state index contributed by atoms with van der Waals surface area (Å²) >= 11 is 5.32. The Hall–Kier alpha value is -0.750. The normalized spacial score (nSPS) is 18.8. The molecule has 1 unspecified atom stereocenters. The van der Waals surface area contributed by atoms with Crippen molar-refractivity contribution in [2.24, 2.45) is 0 Å². The fourth-order valence-corrected chi connectivity index (χ4v) is 3.52. The molecule has 1 fully saturated rings. The lowest BCUT2D eigenvalue weighted by Crippen LogP contribution is -2.25. The van der Waals surface area contributed by atoms with Gasteiger partial charge in [0.25, 0.3) is 5.56 Å². The van der Waals surface area contributed by atoms with E-state index in [1.54, 1.807) is 12.3 Å². The quantitative estimate of drug-likeness (QED) is 0.843. The van der Waals surface area contributed by atoms with Crippen LogP contribution in [0, 0.1) is 0 Å². The van der Waals surface area contributed by atoms with Crippen LogP contribution < -0.4 is 10.9 Å². The van der Waals surface area contributed by atoms with Gasteiger partial charge in [0, 0.05) is 11.8 Å². The molecular formula is C12H16BrN3OS. The smallest absolute Gasteiger partial charge is 0.283 e. The van der Waals surface area contributed by atoms with Crippen molar-refractivity contribution >= 4 is 33.4 Å². The standard InChI is InChI=1S/C12H16BrN3OS/c1-2-5-16-12(17)11(13)10(8-15-16)14-7-9-4-3-6-18-9/h2,8-9,14H,1,3-7H2. The molecule has 1 aliphatic heterocycles. The van der Waals surface area contributed by atoms with Gasteiger partial charge in [0.15, 0.2) is 0 Å². The fraction of sp³-hybridized carbons (Fsp3) is 0.500. The van der Waals surface area contributed by atoms with E-state index in [2.05, 4.69) is 32.9 Å². The molecule has 0 aromatic carbocycles. The topological polar surface area (TPSA) is 46.9 Å². The summed E-state index contributed by atoms with van der Waals surface area (Å²) in [5.74, 6) is 1.24. The highest BCUT2D eigenvalue weighted by Gasteiger charge is 2.16. The van der Waals surface area contributed by atoms with Crippen molar-refractivity contribution in [1.29, 1.82) is 0 Å². The highest BCUT2D eigenvalue weighted by atomic mass is 79.9. The van der Waals surface area contributed by atoms with Crippen molar-refractivity contribution in [3.05, 3.63) is 33.7 Å². The molecule has 1 aromatic rings. The van der Waals surface area contributed by atoms with E-state index in [4.69, 9.17) is 0 Å². The highest BCUT2D eigenvalue weighted by molar-refractivity contribution is 9.10. The van der Waals surface area contributed by atoms with Crippen LogP contribution in [-0.2, 0) is 6.54 Å². The van der Waals surface area contributed by atoms with E-state index in [0.717, 1.165) is 12.2 Å². The Morgan fingerprint density at radius 2 is 2.56 bits per heavy atom. The van der Waals surface area contributed by atoms with Crippen molar-refractivity contribution in [2.45, 2.75) is 24.6 Å². The van der Waals surface area contributed by atoms with Gasteiger partial charge in [-0.05, 0) is 34.5 Å². The molecule has 1 N–H and O–H groups in total. The Balaban J connectivity index is 2.06. The second-order valence-electron chi connectivity index (χ2n) is 4.16. The lowest BCUT2D eigenvalue weighted by molar-refractivity contribution is 0.648. The summed E-state index contributed by atoms with van der Waals surface area (Å²) in [5.41, 5.74) is 0.645. The molecule has 0 saturated carbocycles. The number of aromatic nitrogens is 2. The largest absolute Gasteiger partial charge is 0.382 e. The zero-order valence-corrected chi connectivity index (χ0v) is 12.5. The second kappa shape index (κ2) is 6.43. The molecule has 2 rings (SSSR count). The first-order valence-corrected chi connectivity index (χ1v) is 7.78. The number of hydrogen-bond donors (Lipinski definition) is 1. The highest BCUT2D eigenvalue weighted by Crippen LogP contribution is 2.26. The maximum absolute atomic E-state index is 11.9. The number of thioether (sulfide) groups is 1. The Kier molecular flexibility index (Phi) is 4.88. The molecule has 0 bridgehead atoms. The Morgan fingerprint density at radius 3 is 3.22 bits per heavy atom. The molecule has 1 aliphatic rings. The number of rotatable bonds is 5. The van der Waals surface area contributed by atoms with Gasteiger partial charge >= 0.3 is 0 Å². The van der Waals surface area contributed by atoms with E-state index >= 15 is 0 Å². The molecule has 1 aromatic heterocycles. The zero-order valence-electron chi connectivity index (χ0n) is 10.1. The van der Waals surface area contributed by atoms with E-state index in [1.165, 1.54) is 23.3 Å². The number of hydrogen-bond acceptors (Lipinski definition) is 4. The van der Waals surface area contributed by atoms with Crippen LogP contribution in [0.2, 0.25) is 0 Å². The molecule has 0 spiro atoms. The first-order valence-electron chi connectivity index (χ1n) is 5.94. The summed E-state index contributed by atoms with van der Waals surface area (Å²) in [6, 6.07) is 0. The van der Waals surface area contributed by atoms with Crippen molar-refractivity contribution in [3.8, 4) is 0 Å². The lowest BCUT2D eigenvalue weighted by Gasteiger charge is -2.12. The van der Waals surface area contributed by atoms with Crippen molar-refractivity contribution in [2.75, 3.05) is 17.6 Å². The van der Waals surface area contributed by atoms with Crippen LogP contribution in [0.25, 0.3) is 0 Å². The monoisotopic (exact) mass is 329 g/mol. The van der Waals surface area contributed by atoms with Crippen LogP contribution in [0.3, 0.4) is 0 Å². The van der Waals surface area contributed by atoms with Crippen LogP contribution in [0.1, 0.15) is 12.8 Å². The summed E-state index contributed by atoms with van der Waals surface area (Å²) in [5, 5.41) is 8.05. The minimum absolute atomic E-state index is 0.126. The third-order valence-corrected chi connectivity index (χ3v) is 5.00. The van der Waals surface area contributed by atoms with E-state index in [0.29, 0.717) is 16.3 Å². The predicted octanol–water partition coefficient (Wildman–Crippen LogP) is 2.50. The summed E-state index contributed by atoms with van der Waals surface area (Å²) < 4.78 is 1.93. The van der Waals surface area contributed by atoms with E-state index in [1.807, 2.05) is 11.8 Å². The number of allylic oxidation sites excluding steroid dienone is 1. The molecular weight excluding hydrogens is 314 g/mol. The van der Waals surface area contributed by atoms with Gasteiger partial charge in [-0.3, -0.25) is 4.79 Å². The number of anilines is 1. The maximum Gasteiger partial charge on any atom is 0.283 e. The third-order valence-electron chi connectivity index (χ3n) is 2.83. The summed E-state index contributed by atoms with van der Waals surface area (Å²) in [4.78, 5) is 11.9. The molecule has 0 aliphatic carbocycles. The molecule has 1 saturated heterocycles. The SMILES string of the molecule is C=CCn1ncc(NCC2CCCS2)c(Br)c1=O. The van der Waals surface area contributed by atoms with Crippen LogP contribution in [-0.4, -0.2) is 27.3 Å². The van der Waals surface area contributed by atoms with E-state index in [9.17, 15) is 4.79 Å². The van der Waals surface area contributed by atoms with Crippen LogP contribution in [0.5, 0.6) is 0 Å². The molecule has 0 amide bonds. The minimum Gasteiger partial charge on any atom is -0.382 e. The molecule has 0 radical (unpaired) electrons. The summed E-state index contributed by atoms with van der Waals surface area (Å²) in [6.45, 7) is 4.92. The third kappa shape index (κ3) is 3.17. The van der Waals surface area contributed by atoms with Gasteiger partial charge in [0.05, 0.1) is 18.4 Å². The van der Waals surface area contributed by atoms with Gasteiger partial charge in [0.2, 0.25) is 0 Å². The average molecular weight is 330 g/mol. The van der Waals surface area contributed by atoms with Crippen molar-refractivity contribution in [3.63, 3.8) is 0 Å². The molecule has 18 heavy (non-hydrogen) atoms. The number of halogens is 1. The van der Waals surface area contributed by atoms with Crippen LogP contribution in [0.4, 0.5) is 5.69 Å². The summed E-state index contributed by atoms with van der Waals surface area (Å²) in [7, 11) is 0. The van der Waals surface area contributed by atoms with Gasteiger partial charge in [0.1, 0.15) is 4.47 Å². The summed E-state index contributed by atoms with van der Waals surface area (Å²) in [6.07, 6.45) is 5.88. The van der Waals surface area contributed by atoms with Crippen molar-refractivity contribution in [1.82, 2.24) is 9.78 Å².